The van der Waals surface area contributed by atoms with Gasteiger partial charge < -0.3 is 15.0 Å². The lowest BCUT2D eigenvalue weighted by Crippen LogP contribution is -2.39. The monoisotopic (exact) mass is 328 g/mol. The highest BCUT2D eigenvalue weighted by Gasteiger charge is 2.29. The highest BCUT2D eigenvalue weighted by Crippen LogP contribution is 2.32. The molecule has 0 aromatic heterocycles. The van der Waals surface area contributed by atoms with E-state index in [9.17, 15) is 9.18 Å². The molecule has 5 heteroatoms. The largest absolute Gasteiger partial charge is 0.497 e. The summed E-state index contributed by atoms with van der Waals surface area (Å²) in [6.45, 7) is 1.14. The molecule has 1 atom stereocenters. The molecule has 1 aliphatic heterocycles. The number of rotatable bonds is 4. The quantitative estimate of drug-likeness (QED) is 0.925. The molecule has 0 unspecified atom stereocenters. The van der Waals surface area contributed by atoms with E-state index >= 15 is 0 Å². The minimum absolute atomic E-state index is 0.0855. The van der Waals surface area contributed by atoms with Crippen molar-refractivity contribution in [1.82, 2.24) is 10.2 Å². The zero-order valence-corrected chi connectivity index (χ0v) is 13.7. The van der Waals surface area contributed by atoms with Crippen molar-refractivity contribution in [3.8, 4) is 5.75 Å². The zero-order chi connectivity index (χ0) is 16.9. The van der Waals surface area contributed by atoms with E-state index in [4.69, 9.17) is 4.74 Å². The fourth-order valence-corrected chi connectivity index (χ4v) is 3.06. The molecule has 1 saturated heterocycles. The van der Waals surface area contributed by atoms with Crippen LogP contribution in [-0.4, -0.2) is 24.6 Å². The number of urea groups is 1. The number of halogens is 1. The Labute approximate surface area is 141 Å². The Balaban J connectivity index is 1.63. The first-order chi connectivity index (χ1) is 11.7. The van der Waals surface area contributed by atoms with Crippen LogP contribution in [-0.2, 0) is 6.54 Å². The van der Waals surface area contributed by atoms with Crippen LogP contribution in [0.4, 0.5) is 9.18 Å². The molecule has 3 rings (SSSR count). The van der Waals surface area contributed by atoms with Gasteiger partial charge in [-0.25, -0.2) is 9.18 Å². The van der Waals surface area contributed by atoms with Gasteiger partial charge in [-0.1, -0.05) is 24.3 Å². The molecule has 126 valence electrons. The van der Waals surface area contributed by atoms with E-state index in [1.54, 1.807) is 19.2 Å². The van der Waals surface area contributed by atoms with Crippen molar-refractivity contribution in [3.05, 3.63) is 65.5 Å². The van der Waals surface area contributed by atoms with Crippen LogP contribution in [0.3, 0.4) is 0 Å². The van der Waals surface area contributed by atoms with Gasteiger partial charge in [-0.15, -0.1) is 0 Å². The van der Waals surface area contributed by atoms with E-state index in [2.05, 4.69) is 5.32 Å². The maximum absolute atomic E-state index is 12.9. The predicted molar refractivity (Wildman–Crippen MR) is 90.3 cm³/mol. The van der Waals surface area contributed by atoms with Crippen LogP contribution in [0.25, 0.3) is 0 Å². The Hall–Kier alpha value is -2.56. The van der Waals surface area contributed by atoms with Gasteiger partial charge in [0.2, 0.25) is 0 Å². The number of methoxy groups -OCH3 is 1. The van der Waals surface area contributed by atoms with Crippen LogP contribution in [0.15, 0.2) is 48.5 Å². The molecule has 4 nitrogen and oxygen atoms in total. The number of ether oxygens (including phenoxy) is 1. The lowest BCUT2D eigenvalue weighted by molar-refractivity contribution is 0.192. The second-order valence-electron chi connectivity index (χ2n) is 5.91. The Morgan fingerprint density at radius 1 is 1.21 bits per heavy atom. The van der Waals surface area contributed by atoms with Gasteiger partial charge in [-0.05, 0) is 48.2 Å². The van der Waals surface area contributed by atoms with E-state index in [1.807, 2.05) is 29.2 Å². The number of nitrogens with one attached hydrogen (secondary N) is 1. The summed E-state index contributed by atoms with van der Waals surface area (Å²) in [6, 6.07) is 14.0. The van der Waals surface area contributed by atoms with Gasteiger partial charge in [0, 0.05) is 13.1 Å². The molecule has 0 aliphatic carbocycles. The van der Waals surface area contributed by atoms with Crippen molar-refractivity contribution in [3.63, 3.8) is 0 Å². The first-order valence-electron chi connectivity index (χ1n) is 8.10. The summed E-state index contributed by atoms with van der Waals surface area (Å²) >= 11 is 0. The minimum atomic E-state index is -0.274. The summed E-state index contributed by atoms with van der Waals surface area (Å²) in [6.07, 6.45) is 1.94. The summed E-state index contributed by atoms with van der Waals surface area (Å²) < 4.78 is 18.1. The summed E-state index contributed by atoms with van der Waals surface area (Å²) in [4.78, 5) is 14.4. The van der Waals surface area contributed by atoms with Crippen molar-refractivity contribution in [2.75, 3.05) is 13.7 Å². The average Bonchev–Trinajstić information content (AvgIpc) is 3.11. The topological polar surface area (TPSA) is 41.6 Å². The number of likely N-dealkylation sites (tertiary alicyclic amines) is 1. The molecule has 0 radical (unpaired) electrons. The molecule has 1 aliphatic rings. The fourth-order valence-electron chi connectivity index (χ4n) is 3.06. The van der Waals surface area contributed by atoms with Gasteiger partial charge in [0.25, 0.3) is 0 Å². The third kappa shape index (κ3) is 3.67. The Kier molecular flexibility index (Phi) is 4.99. The number of carbonyl (C=O) groups excluding carboxylic acids is 1. The van der Waals surface area contributed by atoms with Gasteiger partial charge >= 0.3 is 6.03 Å². The van der Waals surface area contributed by atoms with Crippen LogP contribution >= 0.6 is 0 Å². The average molecular weight is 328 g/mol. The molecule has 2 amide bonds. The third-order valence-corrected chi connectivity index (χ3v) is 4.37. The van der Waals surface area contributed by atoms with Gasteiger partial charge in [0.15, 0.2) is 0 Å². The van der Waals surface area contributed by atoms with Gasteiger partial charge in [0.05, 0.1) is 13.2 Å². The normalized spacial score (nSPS) is 16.9. The Bertz CT molecular complexity index is 686. The first-order valence-corrected chi connectivity index (χ1v) is 8.10. The van der Waals surface area contributed by atoms with Gasteiger partial charge in [-0.3, -0.25) is 0 Å². The van der Waals surface area contributed by atoms with E-state index in [1.165, 1.54) is 12.1 Å². The summed E-state index contributed by atoms with van der Waals surface area (Å²) in [5.74, 6) is 0.535. The smallest absolute Gasteiger partial charge is 0.318 e. The lowest BCUT2D eigenvalue weighted by atomic mass is 10.0. The maximum atomic E-state index is 12.9. The van der Waals surface area contributed by atoms with E-state index in [0.717, 1.165) is 36.3 Å². The first kappa shape index (κ1) is 16.3. The number of hydrogen-bond donors (Lipinski definition) is 1. The zero-order valence-electron chi connectivity index (χ0n) is 13.7. The standard InChI is InChI=1S/C19H21FN2O2/c1-24-17-10-6-15(7-11-17)18-3-2-12-22(18)19(23)21-13-14-4-8-16(20)9-5-14/h4-11,18H,2-3,12-13H2,1H3,(H,21,23)/t18-/m0/s1. The number of hydrogen-bond acceptors (Lipinski definition) is 2. The molecule has 1 fully saturated rings. The number of amides is 2. The molecule has 0 bridgehead atoms. The van der Waals surface area contributed by atoms with Crippen LogP contribution in [0.5, 0.6) is 5.75 Å². The second-order valence-corrected chi connectivity index (χ2v) is 5.91. The van der Waals surface area contributed by atoms with E-state index in [0.29, 0.717) is 6.54 Å². The summed E-state index contributed by atoms with van der Waals surface area (Å²) in [5.41, 5.74) is 2.00. The summed E-state index contributed by atoms with van der Waals surface area (Å²) in [7, 11) is 1.64. The van der Waals surface area contributed by atoms with Crippen molar-refractivity contribution >= 4 is 6.03 Å². The Morgan fingerprint density at radius 2 is 1.92 bits per heavy atom. The molecular formula is C19H21FN2O2. The molecule has 1 heterocycles. The molecule has 2 aromatic rings. The van der Waals surface area contributed by atoms with E-state index in [-0.39, 0.29) is 17.9 Å². The fraction of sp³-hybridized carbons (Fsp3) is 0.316. The van der Waals surface area contributed by atoms with Gasteiger partial charge in [0.1, 0.15) is 11.6 Å². The third-order valence-electron chi connectivity index (χ3n) is 4.37. The van der Waals surface area contributed by atoms with Crippen molar-refractivity contribution in [2.24, 2.45) is 0 Å². The van der Waals surface area contributed by atoms with Crippen LogP contribution in [0.2, 0.25) is 0 Å². The van der Waals surface area contributed by atoms with E-state index < -0.39 is 0 Å². The van der Waals surface area contributed by atoms with Crippen molar-refractivity contribution in [2.45, 2.75) is 25.4 Å². The summed E-state index contributed by atoms with van der Waals surface area (Å²) in [5, 5.41) is 2.92. The lowest BCUT2D eigenvalue weighted by Gasteiger charge is -2.25. The maximum Gasteiger partial charge on any atom is 0.318 e. The molecule has 24 heavy (non-hydrogen) atoms. The molecule has 0 saturated carbocycles. The predicted octanol–water partition coefficient (Wildman–Crippen LogP) is 3.88. The molecule has 0 spiro atoms. The number of benzene rings is 2. The second kappa shape index (κ2) is 7.34. The number of carbonyl (C=O) groups is 1. The SMILES string of the molecule is COc1ccc([C@@H]2CCCN2C(=O)NCc2ccc(F)cc2)cc1. The van der Waals surface area contributed by atoms with Crippen LogP contribution in [0, 0.1) is 5.82 Å². The molecule has 1 N–H and O–H groups in total. The minimum Gasteiger partial charge on any atom is -0.497 e. The highest BCUT2D eigenvalue weighted by atomic mass is 19.1. The van der Waals surface area contributed by atoms with Crippen molar-refractivity contribution in [1.29, 1.82) is 0 Å². The van der Waals surface area contributed by atoms with Crippen molar-refractivity contribution < 1.29 is 13.9 Å². The highest BCUT2D eigenvalue weighted by molar-refractivity contribution is 5.75. The molecule has 2 aromatic carbocycles. The number of nitrogens with zero attached hydrogens (tertiary/aromatic N) is 1. The van der Waals surface area contributed by atoms with Gasteiger partial charge in [-0.2, -0.15) is 0 Å². The molecular weight excluding hydrogens is 307 g/mol. The van der Waals surface area contributed by atoms with Crippen LogP contribution < -0.4 is 10.1 Å². The Morgan fingerprint density at radius 3 is 2.58 bits per heavy atom. The van der Waals surface area contributed by atoms with Crippen LogP contribution in [0.1, 0.15) is 30.0 Å².